The molecule has 1 unspecified atom stereocenters. The van der Waals surface area contributed by atoms with Crippen LogP contribution in [-0.2, 0) is 4.79 Å². The van der Waals surface area contributed by atoms with Gasteiger partial charge in [-0.25, -0.2) is 0 Å². The van der Waals surface area contributed by atoms with Gasteiger partial charge in [-0.05, 0) is 19.1 Å². The average molecular weight is 300 g/mol. The van der Waals surface area contributed by atoms with Gasteiger partial charge in [-0.1, -0.05) is 17.3 Å². The Morgan fingerprint density at radius 2 is 2.00 bits per heavy atom. The van der Waals surface area contributed by atoms with E-state index in [1.807, 2.05) is 0 Å². The van der Waals surface area contributed by atoms with E-state index >= 15 is 0 Å². The number of halogens is 3. The summed E-state index contributed by atoms with van der Waals surface area (Å²) in [4.78, 5) is 15.0. The predicted molar refractivity (Wildman–Crippen MR) is 65.8 cm³/mol. The molecule has 0 spiro atoms. The Morgan fingerprint density at radius 1 is 1.33 bits per heavy atom. The summed E-state index contributed by atoms with van der Waals surface area (Å²) in [7, 11) is 1.44. The van der Waals surface area contributed by atoms with Crippen LogP contribution >= 0.6 is 0 Å². The van der Waals surface area contributed by atoms with Gasteiger partial charge in [0.2, 0.25) is 17.5 Å². The summed E-state index contributed by atoms with van der Waals surface area (Å²) in [6, 6.07) is 6.69. The molecule has 0 aliphatic rings. The quantitative estimate of drug-likeness (QED) is 0.868. The molecular formula is C13H11F3N2O3. The van der Waals surface area contributed by atoms with Gasteiger partial charge in [-0.3, -0.25) is 4.79 Å². The molecule has 0 aliphatic carbocycles. The number of Topliss-reactive ketones (excluding diaryl/α,β-unsaturated/α-hetero) is 1. The van der Waals surface area contributed by atoms with Crippen LogP contribution in [0.2, 0.25) is 0 Å². The number of methoxy groups -OCH3 is 1. The van der Waals surface area contributed by atoms with Crippen molar-refractivity contribution in [2.75, 3.05) is 7.11 Å². The summed E-state index contributed by atoms with van der Waals surface area (Å²) in [6.45, 7) is 1.06. The molecule has 0 radical (unpaired) electrons. The van der Waals surface area contributed by atoms with Crippen LogP contribution in [0.15, 0.2) is 28.8 Å². The largest absolute Gasteiger partial charge is 0.496 e. The Morgan fingerprint density at radius 3 is 2.62 bits per heavy atom. The molecule has 8 heteroatoms. The number of ether oxygens (including phenoxy) is 1. The Kier molecular flexibility index (Phi) is 3.97. The van der Waals surface area contributed by atoms with Crippen molar-refractivity contribution in [3.8, 4) is 17.1 Å². The number of carbonyl (C=O) groups excluding carboxylic acids is 1. The van der Waals surface area contributed by atoms with Gasteiger partial charge in [-0.2, -0.15) is 18.2 Å². The average Bonchev–Trinajstić information content (AvgIpc) is 2.94. The molecule has 0 N–H and O–H groups in total. The van der Waals surface area contributed by atoms with E-state index in [0.29, 0.717) is 11.3 Å². The summed E-state index contributed by atoms with van der Waals surface area (Å²) in [5.41, 5.74) is 0.460. The van der Waals surface area contributed by atoms with Gasteiger partial charge in [0.15, 0.2) is 0 Å². The van der Waals surface area contributed by atoms with Crippen LogP contribution in [0.25, 0.3) is 11.4 Å². The minimum atomic E-state index is -4.95. The van der Waals surface area contributed by atoms with Crippen molar-refractivity contribution in [3.63, 3.8) is 0 Å². The van der Waals surface area contributed by atoms with Crippen LogP contribution in [-0.4, -0.2) is 29.2 Å². The zero-order valence-electron chi connectivity index (χ0n) is 11.1. The highest BCUT2D eigenvalue weighted by Gasteiger charge is 2.44. The van der Waals surface area contributed by atoms with Crippen molar-refractivity contribution in [2.45, 2.75) is 19.0 Å². The van der Waals surface area contributed by atoms with Crippen LogP contribution in [0.3, 0.4) is 0 Å². The van der Waals surface area contributed by atoms with E-state index in [0.717, 1.165) is 6.92 Å². The highest BCUT2D eigenvalue weighted by atomic mass is 19.4. The van der Waals surface area contributed by atoms with Gasteiger partial charge < -0.3 is 9.26 Å². The van der Waals surface area contributed by atoms with E-state index in [2.05, 4.69) is 10.1 Å². The fourth-order valence-electron chi connectivity index (χ4n) is 1.71. The van der Waals surface area contributed by atoms with Crippen molar-refractivity contribution in [3.05, 3.63) is 30.2 Å². The highest BCUT2D eigenvalue weighted by Crippen LogP contribution is 2.30. The number of aromatic nitrogens is 2. The highest BCUT2D eigenvalue weighted by molar-refractivity contribution is 5.89. The standard InChI is InChI=1S/C13H11F3N2O3/c1-7(10(19)13(14,15)16)12-17-11(18-21-12)8-5-3-4-6-9(8)20-2/h3-7H,1-2H3. The molecule has 21 heavy (non-hydrogen) atoms. The lowest BCUT2D eigenvalue weighted by atomic mass is 10.1. The molecule has 0 saturated carbocycles. The van der Waals surface area contributed by atoms with E-state index in [1.54, 1.807) is 24.3 Å². The van der Waals surface area contributed by atoms with Gasteiger partial charge in [0.1, 0.15) is 11.7 Å². The second-order valence-corrected chi connectivity index (χ2v) is 4.24. The molecule has 0 saturated heterocycles. The second-order valence-electron chi connectivity index (χ2n) is 4.24. The maximum Gasteiger partial charge on any atom is 0.450 e. The fourth-order valence-corrected chi connectivity index (χ4v) is 1.71. The van der Waals surface area contributed by atoms with Crippen LogP contribution in [0, 0.1) is 0 Å². The Bertz CT molecular complexity index is 652. The lowest BCUT2D eigenvalue weighted by Crippen LogP contribution is -2.27. The minimum Gasteiger partial charge on any atom is -0.496 e. The first-order valence-corrected chi connectivity index (χ1v) is 5.92. The van der Waals surface area contributed by atoms with Crippen LogP contribution in [0.4, 0.5) is 13.2 Å². The van der Waals surface area contributed by atoms with Gasteiger partial charge in [-0.15, -0.1) is 0 Å². The third-order valence-corrected chi connectivity index (χ3v) is 2.83. The van der Waals surface area contributed by atoms with Crippen LogP contribution in [0.5, 0.6) is 5.75 Å². The minimum absolute atomic E-state index is 0.0595. The number of benzene rings is 1. The number of nitrogens with zero attached hydrogens (tertiary/aromatic N) is 2. The molecule has 0 aliphatic heterocycles. The van der Waals surface area contributed by atoms with Crippen molar-refractivity contribution in [1.82, 2.24) is 10.1 Å². The normalized spacial score (nSPS) is 13.0. The van der Waals surface area contributed by atoms with Crippen molar-refractivity contribution in [1.29, 1.82) is 0 Å². The molecule has 112 valence electrons. The molecule has 1 aromatic heterocycles. The third-order valence-electron chi connectivity index (χ3n) is 2.83. The predicted octanol–water partition coefficient (Wildman–Crippen LogP) is 2.98. The van der Waals surface area contributed by atoms with Gasteiger partial charge in [0.25, 0.3) is 0 Å². The van der Waals surface area contributed by atoms with Crippen LogP contribution in [0.1, 0.15) is 18.7 Å². The summed E-state index contributed by atoms with van der Waals surface area (Å²) < 4.78 is 47.0. The Labute approximate surface area is 117 Å². The first kappa shape index (κ1) is 15.0. The fraction of sp³-hybridized carbons (Fsp3) is 0.308. The number of hydrogen-bond donors (Lipinski definition) is 0. The molecular weight excluding hydrogens is 289 g/mol. The van der Waals surface area contributed by atoms with Gasteiger partial charge in [0.05, 0.1) is 12.7 Å². The third kappa shape index (κ3) is 3.04. The lowest BCUT2D eigenvalue weighted by Gasteiger charge is -2.08. The molecule has 1 atom stereocenters. The summed E-state index contributed by atoms with van der Waals surface area (Å²) in [5, 5.41) is 3.59. The Hall–Kier alpha value is -2.38. The number of alkyl halides is 3. The zero-order chi connectivity index (χ0) is 15.6. The van der Waals surface area contributed by atoms with Crippen molar-refractivity contribution in [2.24, 2.45) is 0 Å². The van der Waals surface area contributed by atoms with Crippen molar-refractivity contribution < 1.29 is 27.2 Å². The van der Waals surface area contributed by atoms with Gasteiger partial charge in [0, 0.05) is 0 Å². The number of rotatable bonds is 4. The summed E-state index contributed by atoms with van der Waals surface area (Å²) in [5.74, 6) is -3.37. The molecule has 5 nitrogen and oxygen atoms in total. The maximum atomic E-state index is 12.4. The van der Waals surface area contributed by atoms with E-state index in [-0.39, 0.29) is 5.82 Å². The molecule has 0 bridgehead atoms. The van der Waals surface area contributed by atoms with E-state index in [1.165, 1.54) is 7.11 Å². The number of carbonyl (C=O) groups is 1. The zero-order valence-corrected chi connectivity index (χ0v) is 11.1. The van der Waals surface area contributed by atoms with Gasteiger partial charge >= 0.3 is 6.18 Å². The molecule has 2 rings (SSSR count). The second kappa shape index (κ2) is 5.55. The topological polar surface area (TPSA) is 65.2 Å². The van der Waals surface area contributed by atoms with Crippen LogP contribution < -0.4 is 4.74 Å². The van der Waals surface area contributed by atoms with E-state index in [9.17, 15) is 18.0 Å². The first-order valence-electron chi connectivity index (χ1n) is 5.92. The van der Waals surface area contributed by atoms with E-state index < -0.39 is 23.8 Å². The smallest absolute Gasteiger partial charge is 0.450 e. The number of ketones is 1. The lowest BCUT2D eigenvalue weighted by molar-refractivity contribution is -0.172. The molecule has 0 fully saturated rings. The molecule has 1 heterocycles. The Balaban J connectivity index is 2.32. The summed E-state index contributed by atoms with van der Waals surface area (Å²) >= 11 is 0. The van der Waals surface area contributed by atoms with Crippen molar-refractivity contribution >= 4 is 5.78 Å². The van der Waals surface area contributed by atoms with E-state index in [4.69, 9.17) is 9.26 Å². The SMILES string of the molecule is COc1ccccc1-c1noc(C(C)C(=O)C(F)(F)F)n1. The number of para-hydroxylation sites is 1. The molecule has 2 aromatic rings. The maximum absolute atomic E-state index is 12.4. The molecule has 1 aromatic carbocycles. The monoisotopic (exact) mass is 300 g/mol. The molecule has 0 amide bonds. The number of hydrogen-bond acceptors (Lipinski definition) is 5. The first-order chi connectivity index (χ1) is 9.84. The summed E-state index contributed by atoms with van der Waals surface area (Å²) in [6.07, 6.45) is -4.95.